The summed E-state index contributed by atoms with van der Waals surface area (Å²) in [6.45, 7) is 6.29. The molecule has 190 valence electrons. The van der Waals surface area contributed by atoms with E-state index in [1.54, 1.807) is 26.0 Å². The van der Waals surface area contributed by atoms with Crippen molar-refractivity contribution in [2.45, 2.75) is 57.8 Å². The molecule has 0 saturated carbocycles. The number of terminal acetylenes is 1. The lowest BCUT2D eigenvalue weighted by atomic mass is 9.91. The SMILES string of the molecule is C#Cc1cc2nc(C)nc(NC(C)c3cccc(C(F)(F)C(C)(C)O)c3F)c2cc1O[C@H]1CCOC1. The summed E-state index contributed by atoms with van der Waals surface area (Å²) in [6, 6.07) is 6.43. The van der Waals surface area contributed by atoms with Crippen LogP contribution in [0.1, 0.15) is 55.7 Å². The number of anilines is 1. The maximum absolute atomic E-state index is 15.3. The molecule has 1 aliphatic rings. The summed E-state index contributed by atoms with van der Waals surface area (Å²) in [6.07, 6.45) is 6.31. The fourth-order valence-electron chi connectivity index (χ4n) is 4.12. The molecule has 36 heavy (non-hydrogen) atoms. The first-order chi connectivity index (χ1) is 16.9. The van der Waals surface area contributed by atoms with Gasteiger partial charge < -0.3 is 19.9 Å². The summed E-state index contributed by atoms with van der Waals surface area (Å²) in [5.41, 5.74) is -2.24. The largest absolute Gasteiger partial charge is 0.487 e. The lowest BCUT2D eigenvalue weighted by Crippen LogP contribution is -2.41. The molecule has 9 heteroatoms. The Morgan fingerprint density at radius 1 is 1.28 bits per heavy atom. The van der Waals surface area contributed by atoms with Crippen molar-refractivity contribution in [3.63, 3.8) is 0 Å². The maximum atomic E-state index is 15.3. The highest BCUT2D eigenvalue weighted by Crippen LogP contribution is 2.41. The van der Waals surface area contributed by atoms with Crippen molar-refractivity contribution < 1.29 is 27.8 Å². The van der Waals surface area contributed by atoms with E-state index >= 15 is 4.39 Å². The maximum Gasteiger partial charge on any atom is 0.303 e. The number of benzene rings is 2. The van der Waals surface area contributed by atoms with Gasteiger partial charge in [0, 0.05) is 17.4 Å². The monoisotopic (exact) mass is 499 g/mol. The van der Waals surface area contributed by atoms with Crippen LogP contribution in [0, 0.1) is 25.1 Å². The molecular weight excluding hydrogens is 471 g/mol. The topological polar surface area (TPSA) is 76.5 Å². The molecule has 1 aromatic heterocycles. The number of nitrogens with one attached hydrogen (secondary N) is 1. The lowest BCUT2D eigenvalue weighted by molar-refractivity contribution is -0.170. The standard InChI is InChI=1S/C27H28F3N3O3/c1-6-17-12-22-20(13-23(17)36-18-10-11-35-14-18)25(33-16(3)32-22)31-15(2)19-8-7-9-21(24(19)28)27(29,30)26(4,5)34/h1,7-9,12-13,15,18,34H,10-11,14H2,2-5H3,(H,31,32,33)/t15?,18-/m0/s1. The van der Waals surface area contributed by atoms with Gasteiger partial charge in [0.2, 0.25) is 0 Å². The van der Waals surface area contributed by atoms with Gasteiger partial charge in [0.05, 0.1) is 35.9 Å². The average molecular weight is 500 g/mol. The van der Waals surface area contributed by atoms with Crippen molar-refractivity contribution in [3.8, 4) is 18.1 Å². The Morgan fingerprint density at radius 3 is 2.67 bits per heavy atom. The molecule has 0 spiro atoms. The Kier molecular flexibility index (Phi) is 6.86. The molecule has 2 N–H and O–H groups in total. The van der Waals surface area contributed by atoms with E-state index in [1.807, 2.05) is 0 Å². The molecule has 0 amide bonds. The Morgan fingerprint density at radius 2 is 2.03 bits per heavy atom. The molecular formula is C27H28F3N3O3. The summed E-state index contributed by atoms with van der Waals surface area (Å²) < 4.78 is 56.3. The van der Waals surface area contributed by atoms with E-state index in [9.17, 15) is 13.9 Å². The molecule has 1 aliphatic heterocycles. The second-order valence-corrected chi connectivity index (χ2v) is 9.44. The third-order valence-corrected chi connectivity index (χ3v) is 6.20. The van der Waals surface area contributed by atoms with Crippen LogP contribution in [0.4, 0.5) is 19.0 Å². The summed E-state index contributed by atoms with van der Waals surface area (Å²) in [4.78, 5) is 8.93. The average Bonchev–Trinajstić information content (AvgIpc) is 3.31. The number of alkyl halides is 2. The van der Waals surface area contributed by atoms with Gasteiger partial charge in [-0.05, 0) is 45.9 Å². The smallest absolute Gasteiger partial charge is 0.303 e. The van der Waals surface area contributed by atoms with Crippen molar-refractivity contribution in [3.05, 3.63) is 58.7 Å². The first-order valence-electron chi connectivity index (χ1n) is 11.6. The molecule has 1 fully saturated rings. The number of ether oxygens (including phenoxy) is 2. The van der Waals surface area contributed by atoms with Crippen molar-refractivity contribution in [1.29, 1.82) is 0 Å². The second-order valence-electron chi connectivity index (χ2n) is 9.44. The molecule has 4 rings (SSSR count). The van der Waals surface area contributed by atoms with Crippen LogP contribution < -0.4 is 10.1 Å². The number of nitrogens with zero attached hydrogens (tertiary/aromatic N) is 2. The van der Waals surface area contributed by atoms with Crippen LogP contribution in [0.25, 0.3) is 10.9 Å². The third kappa shape index (κ3) is 4.84. The highest BCUT2D eigenvalue weighted by molar-refractivity contribution is 5.92. The number of aliphatic hydroxyl groups is 1. The number of aromatic nitrogens is 2. The van der Waals surface area contributed by atoms with Crippen molar-refractivity contribution in [2.75, 3.05) is 18.5 Å². The van der Waals surface area contributed by atoms with Gasteiger partial charge in [-0.3, -0.25) is 0 Å². The predicted octanol–water partition coefficient (Wildman–Crippen LogP) is 5.26. The molecule has 0 radical (unpaired) electrons. The molecule has 2 aromatic carbocycles. The van der Waals surface area contributed by atoms with E-state index in [-0.39, 0.29) is 11.7 Å². The van der Waals surface area contributed by atoms with Gasteiger partial charge in [-0.25, -0.2) is 14.4 Å². The highest BCUT2D eigenvalue weighted by atomic mass is 19.3. The highest BCUT2D eigenvalue weighted by Gasteiger charge is 2.49. The van der Waals surface area contributed by atoms with Gasteiger partial charge >= 0.3 is 5.92 Å². The molecule has 1 saturated heterocycles. The number of hydrogen-bond donors (Lipinski definition) is 2. The van der Waals surface area contributed by atoms with E-state index in [4.69, 9.17) is 15.9 Å². The predicted molar refractivity (Wildman–Crippen MR) is 131 cm³/mol. The van der Waals surface area contributed by atoms with Gasteiger partial charge in [0.25, 0.3) is 0 Å². The minimum absolute atomic E-state index is 0.000614. The summed E-state index contributed by atoms with van der Waals surface area (Å²) in [5.74, 6) is -0.983. The van der Waals surface area contributed by atoms with E-state index < -0.39 is 28.9 Å². The zero-order valence-corrected chi connectivity index (χ0v) is 20.5. The number of rotatable bonds is 7. The van der Waals surface area contributed by atoms with Gasteiger partial charge in [0.1, 0.15) is 34.9 Å². The first-order valence-corrected chi connectivity index (χ1v) is 11.6. The summed E-state index contributed by atoms with van der Waals surface area (Å²) in [7, 11) is 0. The van der Waals surface area contributed by atoms with E-state index in [0.29, 0.717) is 47.1 Å². The van der Waals surface area contributed by atoms with Crippen molar-refractivity contribution in [2.24, 2.45) is 0 Å². The van der Waals surface area contributed by atoms with Crippen LogP contribution in [-0.4, -0.2) is 40.0 Å². The van der Waals surface area contributed by atoms with Gasteiger partial charge in [-0.2, -0.15) is 8.78 Å². The van der Waals surface area contributed by atoms with Crippen molar-refractivity contribution in [1.82, 2.24) is 9.97 Å². The Bertz CT molecular complexity index is 1330. The number of halogens is 3. The molecule has 3 aromatic rings. The fraction of sp³-hybridized carbons (Fsp3) is 0.407. The number of fused-ring (bicyclic) bond motifs is 1. The Hall–Kier alpha value is -3.35. The van der Waals surface area contributed by atoms with Gasteiger partial charge in [-0.1, -0.05) is 18.1 Å². The normalized spacial score (nSPS) is 17.1. The van der Waals surface area contributed by atoms with E-state index in [2.05, 4.69) is 21.2 Å². The molecule has 6 nitrogen and oxygen atoms in total. The summed E-state index contributed by atoms with van der Waals surface area (Å²) >= 11 is 0. The number of hydrogen-bond acceptors (Lipinski definition) is 6. The van der Waals surface area contributed by atoms with E-state index in [1.165, 1.54) is 12.1 Å². The van der Waals surface area contributed by atoms with Gasteiger partial charge in [-0.15, -0.1) is 6.42 Å². The molecule has 0 aliphatic carbocycles. The molecule has 2 atom stereocenters. The fourth-order valence-corrected chi connectivity index (χ4v) is 4.12. The van der Waals surface area contributed by atoms with Crippen LogP contribution in [0.15, 0.2) is 30.3 Å². The molecule has 2 heterocycles. The van der Waals surface area contributed by atoms with Crippen LogP contribution in [-0.2, 0) is 10.7 Å². The third-order valence-electron chi connectivity index (χ3n) is 6.20. The van der Waals surface area contributed by atoms with Crippen LogP contribution in [0.2, 0.25) is 0 Å². The zero-order valence-electron chi connectivity index (χ0n) is 20.5. The lowest BCUT2D eigenvalue weighted by Gasteiger charge is -2.30. The Balaban J connectivity index is 1.73. The van der Waals surface area contributed by atoms with Crippen LogP contribution in [0.3, 0.4) is 0 Å². The Labute approximate surface area is 207 Å². The van der Waals surface area contributed by atoms with Crippen LogP contribution >= 0.6 is 0 Å². The van der Waals surface area contributed by atoms with Crippen molar-refractivity contribution >= 4 is 16.7 Å². The van der Waals surface area contributed by atoms with Crippen LogP contribution in [0.5, 0.6) is 5.75 Å². The molecule has 1 unspecified atom stereocenters. The van der Waals surface area contributed by atoms with Gasteiger partial charge in [0.15, 0.2) is 0 Å². The van der Waals surface area contributed by atoms with E-state index in [0.717, 1.165) is 26.3 Å². The summed E-state index contributed by atoms with van der Waals surface area (Å²) in [5, 5.41) is 13.6. The minimum atomic E-state index is -3.80. The number of aryl methyl sites for hydroxylation is 1. The minimum Gasteiger partial charge on any atom is -0.487 e. The molecule has 0 bridgehead atoms. The first kappa shape index (κ1) is 25.7. The second kappa shape index (κ2) is 9.60. The zero-order chi connectivity index (χ0) is 26.3. The quantitative estimate of drug-likeness (QED) is 0.432.